The van der Waals surface area contributed by atoms with Gasteiger partial charge in [-0.1, -0.05) is 18.5 Å². The summed E-state index contributed by atoms with van der Waals surface area (Å²) >= 11 is 6.14. The number of anilines is 1. The Hall–Kier alpha value is -0.800. The molecule has 0 amide bonds. The average Bonchev–Trinajstić information content (AvgIpc) is 2.26. The van der Waals surface area contributed by atoms with Crippen LogP contribution < -0.4 is 10.6 Å². The minimum atomic E-state index is 0.429. The third kappa shape index (κ3) is 2.83. The molecule has 0 saturated heterocycles. The van der Waals surface area contributed by atoms with Crippen LogP contribution in [0.5, 0.6) is 0 Å². The van der Waals surface area contributed by atoms with E-state index in [-0.39, 0.29) is 0 Å². The summed E-state index contributed by atoms with van der Waals surface area (Å²) in [6.45, 7) is 4.76. The largest absolute Gasteiger partial charge is 0.356 e. The van der Waals surface area contributed by atoms with Gasteiger partial charge in [0.05, 0.1) is 5.02 Å². The van der Waals surface area contributed by atoms with Crippen LogP contribution in [0.1, 0.15) is 25.8 Å². The Morgan fingerprint density at radius 1 is 1.60 bits per heavy atom. The fraction of sp³-hybridized carbons (Fsp3) is 0.545. The molecule has 0 aromatic carbocycles. The van der Waals surface area contributed by atoms with Gasteiger partial charge in [-0.25, -0.2) is 4.98 Å². The average molecular weight is 228 g/mol. The van der Waals surface area contributed by atoms with E-state index in [4.69, 9.17) is 17.3 Å². The van der Waals surface area contributed by atoms with Crippen molar-refractivity contribution in [2.24, 2.45) is 5.73 Å². The van der Waals surface area contributed by atoms with Gasteiger partial charge in [0.25, 0.3) is 0 Å². The Morgan fingerprint density at radius 2 is 2.27 bits per heavy atom. The maximum absolute atomic E-state index is 6.14. The molecule has 15 heavy (non-hydrogen) atoms. The van der Waals surface area contributed by atoms with E-state index >= 15 is 0 Å². The summed E-state index contributed by atoms with van der Waals surface area (Å²) < 4.78 is 0. The second-order valence-electron chi connectivity index (χ2n) is 3.72. The molecule has 0 radical (unpaired) electrons. The molecule has 0 fully saturated rings. The highest BCUT2D eigenvalue weighted by Crippen LogP contribution is 2.24. The van der Waals surface area contributed by atoms with Crippen LogP contribution in [-0.4, -0.2) is 18.1 Å². The lowest BCUT2D eigenvalue weighted by molar-refractivity contribution is 0.657. The standard InChI is InChI=1S/C11H18ClN3/c1-4-8(2)15(3)11-10(12)5-9(6-13)7-14-11/h5,7-8H,4,6,13H2,1-3H3. The summed E-state index contributed by atoms with van der Waals surface area (Å²) in [5.41, 5.74) is 6.48. The number of nitrogens with zero attached hydrogens (tertiary/aromatic N) is 2. The van der Waals surface area contributed by atoms with Gasteiger partial charge < -0.3 is 10.6 Å². The molecule has 1 aromatic heterocycles. The van der Waals surface area contributed by atoms with E-state index in [1.807, 2.05) is 13.1 Å². The van der Waals surface area contributed by atoms with Crippen molar-refractivity contribution in [3.8, 4) is 0 Å². The molecule has 84 valence electrons. The van der Waals surface area contributed by atoms with E-state index < -0.39 is 0 Å². The molecule has 3 nitrogen and oxygen atoms in total. The predicted octanol–water partition coefficient (Wildman–Crippen LogP) is 2.43. The molecule has 0 aliphatic carbocycles. The third-order valence-corrected chi connectivity index (χ3v) is 2.98. The van der Waals surface area contributed by atoms with Crippen molar-refractivity contribution in [2.75, 3.05) is 11.9 Å². The number of halogens is 1. The highest BCUT2D eigenvalue weighted by atomic mass is 35.5. The van der Waals surface area contributed by atoms with Crippen molar-refractivity contribution in [1.82, 2.24) is 4.98 Å². The molecule has 0 saturated carbocycles. The Labute approximate surface area is 96.2 Å². The first kappa shape index (κ1) is 12.3. The van der Waals surface area contributed by atoms with E-state index in [0.717, 1.165) is 17.8 Å². The molecular formula is C11H18ClN3. The van der Waals surface area contributed by atoms with Crippen LogP contribution in [0.3, 0.4) is 0 Å². The van der Waals surface area contributed by atoms with Crippen LogP contribution >= 0.6 is 11.6 Å². The first-order chi connectivity index (χ1) is 7.10. The summed E-state index contributed by atoms with van der Waals surface area (Å²) in [6, 6.07) is 2.31. The maximum atomic E-state index is 6.14. The quantitative estimate of drug-likeness (QED) is 0.859. The second-order valence-corrected chi connectivity index (χ2v) is 4.13. The van der Waals surface area contributed by atoms with Crippen LogP contribution in [0.25, 0.3) is 0 Å². The summed E-state index contributed by atoms with van der Waals surface area (Å²) in [5, 5.41) is 0.667. The van der Waals surface area contributed by atoms with Crippen molar-refractivity contribution in [2.45, 2.75) is 32.9 Å². The maximum Gasteiger partial charge on any atom is 0.147 e. The first-order valence-electron chi connectivity index (χ1n) is 5.17. The van der Waals surface area contributed by atoms with E-state index in [2.05, 4.69) is 23.7 Å². The lowest BCUT2D eigenvalue weighted by Crippen LogP contribution is -2.29. The van der Waals surface area contributed by atoms with Gasteiger partial charge in [-0.15, -0.1) is 0 Å². The predicted molar refractivity (Wildman–Crippen MR) is 65.3 cm³/mol. The van der Waals surface area contributed by atoms with Crippen LogP contribution in [0.2, 0.25) is 5.02 Å². The number of rotatable bonds is 4. The fourth-order valence-corrected chi connectivity index (χ4v) is 1.65. The minimum absolute atomic E-state index is 0.429. The fourth-order valence-electron chi connectivity index (χ4n) is 1.32. The molecule has 2 N–H and O–H groups in total. The number of pyridine rings is 1. The summed E-state index contributed by atoms with van der Waals surface area (Å²) in [4.78, 5) is 6.42. The summed E-state index contributed by atoms with van der Waals surface area (Å²) in [5.74, 6) is 0.822. The molecule has 1 aromatic rings. The van der Waals surface area contributed by atoms with Crippen LogP contribution in [-0.2, 0) is 6.54 Å². The highest BCUT2D eigenvalue weighted by Gasteiger charge is 2.12. The Kier molecular flexibility index (Phi) is 4.36. The molecule has 0 bridgehead atoms. The monoisotopic (exact) mass is 227 g/mol. The zero-order valence-corrected chi connectivity index (χ0v) is 10.3. The first-order valence-corrected chi connectivity index (χ1v) is 5.55. The van der Waals surface area contributed by atoms with E-state index in [1.165, 1.54) is 0 Å². The number of nitrogens with two attached hydrogens (primary N) is 1. The van der Waals surface area contributed by atoms with Gasteiger partial charge in [0.15, 0.2) is 0 Å². The van der Waals surface area contributed by atoms with Crippen LogP contribution in [0.4, 0.5) is 5.82 Å². The van der Waals surface area contributed by atoms with Crippen molar-refractivity contribution in [3.63, 3.8) is 0 Å². The van der Waals surface area contributed by atoms with Gasteiger partial charge in [0.1, 0.15) is 5.82 Å². The van der Waals surface area contributed by atoms with Gasteiger partial charge in [0.2, 0.25) is 0 Å². The molecular weight excluding hydrogens is 210 g/mol. The molecule has 1 atom stereocenters. The van der Waals surface area contributed by atoms with Crippen LogP contribution in [0.15, 0.2) is 12.3 Å². The second kappa shape index (κ2) is 5.33. The topological polar surface area (TPSA) is 42.2 Å². The smallest absolute Gasteiger partial charge is 0.147 e. The highest BCUT2D eigenvalue weighted by molar-refractivity contribution is 6.33. The van der Waals surface area contributed by atoms with Crippen molar-refractivity contribution in [3.05, 3.63) is 22.8 Å². The molecule has 4 heteroatoms. The van der Waals surface area contributed by atoms with Crippen LogP contribution in [0, 0.1) is 0 Å². The Balaban J connectivity index is 2.95. The molecule has 1 rings (SSSR count). The van der Waals surface area contributed by atoms with Gasteiger partial charge in [-0.3, -0.25) is 0 Å². The molecule has 0 aliphatic heterocycles. The lowest BCUT2D eigenvalue weighted by atomic mass is 10.2. The molecule has 1 heterocycles. The van der Waals surface area contributed by atoms with E-state index in [0.29, 0.717) is 17.6 Å². The number of aromatic nitrogens is 1. The zero-order valence-electron chi connectivity index (χ0n) is 9.50. The Morgan fingerprint density at radius 3 is 2.73 bits per heavy atom. The number of hydrogen-bond donors (Lipinski definition) is 1. The number of hydrogen-bond acceptors (Lipinski definition) is 3. The van der Waals surface area contributed by atoms with Gasteiger partial charge >= 0.3 is 0 Å². The molecule has 0 spiro atoms. The molecule has 0 aliphatic rings. The lowest BCUT2D eigenvalue weighted by Gasteiger charge is -2.25. The van der Waals surface area contributed by atoms with Crippen molar-refractivity contribution >= 4 is 17.4 Å². The van der Waals surface area contributed by atoms with Gasteiger partial charge in [0, 0.05) is 25.8 Å². The van der Waals surface area contributed by atoms with Crippen molar-refractivity contribution < 1.29 is 0 Å². The SMILES string of the molecule is CCC(C)N(C)c1ncc(CN)cc1Cl. The summed E-state index contributed by atoms with van der Waals surface area (Å²) in [7, 11) is 2.00. The van der Waals surface area contributed by atoms with E-state index in [1.54, 1.807) is 6.20 Å². The van der Waals surface area contributed by atoms with Gasteiger partial charge in [-0.2, -0.15) is 0 Å². The Bertz CT molecular complexity index is 328. The normalized spacial score (nSPS) is 12.6. The zero-order chi connectivity index (χ0) is 11.4. The molecule has 1 unspecified atom stereocenters. The van der Waals surface area contributed by atoms with E-state index in [9.17, 15) is 0 Å². The van der Waals surface area contributed by atoms with Gasteiger partial charge in [-0.05, 0) is 25.0 Å². The van der Waals surface area contributed by atoms with Crippen molar-refractivity contribution in [1.29, 1.82) is 0 Å². The minimum Gasteiger partial charge on any atom is -0.356 e. The third-order valence-electron chi connectivity index (χ3n) is 2.70. The summed E-state index contributed by atoms with van der Waals surface area (Å²) in [6.07, 6.45) is 2.84.